The number of benzene rings is 3. The van der Waals surface area contributed by atoms with Crippen LogP contribution in [-0.4, -0.2) is 20.7 Å². The van der Waals surface area contributed by atoms with Gasteiger partial charge in [0.1, 0.15) is 5.82 Å². The average Bonchev–Trinajstić information content (AvgIpc) is 3.23. The Hall–Kier alpha value is -3.16. The average molecular weight is 481 g/mol. The topological polar surface area (TPSA) is 59.8 Å². The van der Waals surface area contributed by atoms with E-state index in [1.165, 1.54) is 23.9 Å². The smallest absolute Gasteiger partial charge is 0.251 e. The van der Waals surface area contributed by atoms with Gasteiger partial charge in [-0.2, -0.15) is 0 Å². The minimum absolute atomic E-state index is 0.246. The number of nitrogens with one attached hydrogen (secondary N) is 1. The molecule has 1 N–H and O–H groups in total. The maximum absolute atomic E-state index is 13.2. The molecule has 0 spiro atoms. The van der Waals surface area contributed by atoms with E-state index in [-0.39, 0.29) is 11.7 Å². The van der Waals surface area contributed by atoms with Crippen LogP contribution in [0.5, 0.6) is 0 Å². The van der Waals surface area contributed by atoms with Crippen LogP contribution < -0.4 is 5.32 Å². The molecule has 1 atom stereocenters. The van der Waals surface area contributed by atoms with Gasteiger partial charge < -0.3 is 5.32 Å². The minimum Gasteiger partial charge on any atom is -0.342 e. The number of rotatable bonds is 7. The molecule has 1 amide bonds. The second kappa shape index (κ2) is 10.2. The molecule has 0 aliphatic rings. The van der Waals surface area contributed by atoms with Crippen molar-refractivity contribution in [3.8, 4) is 5.69 Å². The fourth-order valence-corrected chi connectivity index (χ4v) is 4.40. The third-order valence-electron chi connectivity index (χ3n) is 5.05. The first-order chi connectivity index (χ1) is 15.9. The van der Waals surface area contributed by atoms with E-state index in [0.29, 0.717) is 27.3 Å². The Bertz CT molecular complexity index is 1260. The number of hydrogen-bond acceptors (Lipinski definition) is 4. The van der Waals surface area contributed by atoms with Crippen LogP contribution in [0, 0.1) is 12.7 Å². The molecule has 3 aromatic carbocycles. The van der Waals surface area contributed by atoms with Gasteiger partial charge in [0.25, 0.3) is 5.91 Å². The lowest BCUT2D eigenvalue weighted by atomic mass is 10.2. The Balaban J connectivity index is 1.61. The number of thioether (sulfide) groups is 1. The van der Waals surface area contributed by atoms with E-state index >= 15 is 0 Å². The fourth-order valence-electron chi connectivity index (χ4n) is 3.29. The first kappa shape index (κ1) is 23.0. The summed E-state index contributed by atoms with van der Waals surface area (Å²) >= 11 is 7.52. The summed E-state index contributed by atoms with van der Waals surface area (Å²) in [5.74, 6) is 0.700. The molecule has 5 nitrogen and oxygen atoms in total. The highest BCUT2D eigenvalue weighted by atomic mass is 35.5. The highest BCUT2D eigenvalue weighted by molar-refractivity contribution is 7.98. The third-order valence-corrected chi connectivity index (χ3v) is 6.29. The maximum Gasteiger partial charge on any atom is 0.251 e. The molecule has 1 aromatic heterocycles. The molecule has 0 bridgehead atoms. The minimum atomic E-state index is -0.412. The van der Waals surface area contributed by atoms with Gasteiger partial charge >= 0.3 is 0 Å². The zero-order chi connectivity index (χ0) is 23.4. The largest absolute Gasteiger partial charge is 0.342 e. The highest BCUT2D eigenvalue weighted by Crippen LogP contribution is 2.28. The molecule has 0 saturated heterocycles. The zero-order valence-corrected chi connectivity index (χ0v) is 19.7. The van der Waals surface area contributed by atoms with Crippen molar-refractivity contribution in [1.82, 2.24) is 20.1 Å². The van der Waals surface area contributed by atoms with Crippen molar-refractivity contribution in [2.45, 2.75) is 30.8 Å². The lowest BCUT2D eigenvalue weighted by Gasteiger charge is -2.16. The van der Waals surface area contributed by atoms with Crippen molar-refractivity contribution >= 4 is 29.3 Å². The summed E-state index contributed by atoms with van der Waals surface area (Å²) in [4.78, 5) is 12.8. The van der Waals surface area contributed by atoms with Gasteiger partial charge in [0, 0.05) is 22.0 Å². The van der Waals surface area contributed by atoms with Crippen molar-refractivity contribution in [3.05, 3.63) is 106 Å². The Morgan fingerprint density at radius 3 is 2.52 bits per heavy atom. The van der Waals surface area contributed by atoms with Crippen molar-refractivity contribution in [3.63, 3.8) is 0 Å². The molecule has 1 unspecified atom stereocenters. The standard InChI is InChI=1S/C25H22ClFN4OS/c1-16-6-12-22(13-7-16)31-23(17(2)28-24(32)19-4-3-5-20(26)14-19)29-30-25(31)33-15-18-8-10-21(27)11-9-18/h3-14,17H,15H2,1-2H3,(H,28,32). The molecule has 4 rings (SSSR count). The summed E-state index contributed by atoms with van der Waals surface area (Å²) in [5.41, 5.74) is 3.48. The van der Waals surface area contributed by atoms with E-state index in [2.05, 4.69) is 15.5 Å². The van der Waals surface area contributed by atoms with Crippen LogP contribution in [0.1, 0.15) is 40.3 Å². The van der Waals surface area contributed by atoms with Gasteiger partial charge in [-0.3, -0.25) is 9.36 Å². The molecule has 0 aliphatic carbocycles. The van der Waals surface area contributed by atoms with Gasteiger partial charge in [-0.25, -0.2) is 4.39 Å². The van der Waals surface area contributed by atoms with E-state index in [4.69, 9.17) is 11.6 Å². The fraction of sp³-hybridized carbons (Fsp3) is 0.160. The first-order valence-electron chi connectivity index (χ1n) is 10.4. The third kappa shape index (κ3) is 5.61. The molecule has 4 aromatic rings. The Morgan fingerprint density at radius 2 is 1.82 bits per heavy atom. The van der Waals surface area contributed by atoms with Crippen LogP contribution in [0.2, 0.25) is 5.02 Å². The van der Waals surface area contributed by atoms with E-state index in [1.54, 1.807) is 36.4 Å². The number of amides is 1. The quantitative estimate of drug-likeness (QED) is 0.322. The van der Waals surface area contributed by atoms with E-state index < -0.39 is 6.04 Å². The lowest BCUT2D eigenvalue weighted by Crippen LogP contribution is -2.28. The van der Waals surface area contributed by atoms with Crippen LogP contribution in [0.4, 0.5) is 4.39 Å². The predicted octanol–water partition coefficient (Wildman–Crippen LogP) is 6.15. The number of carbonyl (C=O) groups excluding carboxylic acids is 1. The Morgan fingerprint density at radius 1 is 1.09 bits per heavy atom. The van der Waals surface area contributed by atoms with Crippen molar-refractivity contribution in [2.75, 3.05) is 0 Å². The monoisotopic (exact) mass is 480 g/mol. The van der Waals surface area contributed by atoms with Gasteiger partial charge in [0.15, 0.2) is 11.0 Å². The van der Waals surface area contributed by atoms with Crippen LogP contribution in [-0.2, 0) is 5.75 Å². The number of hydrogen-bond donors (Lipinski definition) is 1. The molecule has 0 fully saturated rings. The molecular weight excluding hydrogens is 459 g/mol. The molecule has 33 heavy (non-hydrogen) atoms. The zero-order valence-electron chi connectivity index (χ0n) is 18.1. The van der Waals surface area contributed by atoms with Gasteiger partial charge in [0.2, 0.25) is 0 Å². The molecule has 168 valence electrons. The highest BCUT2D eigenvalue weighted by Gasteiger charge is 2.21. The van der Waals surface area contributed by atoms with Crippen molar-refractivity contribution < 1.29 is 9.18 Å². The van der Waals surface area contributed by atoms with Crippen molar-refractivity contribution in [2.24, 2.45) is 0 Å². The number of nitrogens with zero attached hydrogens (tertiary/aromatic N) is 3. The molecule has 1 heterocycles. The summed E-state index contributed by atoms with van der Waals surface area (Å²) < 4.78 is 15.2. The number of aromatic nitrogens is 3. The normalized spacial score (nSPS) is 11.9. The molecule has 0 radical (unpaired) electrons. The summed E-state index contributed by atoms with van der Waals surface area (Å²) in [6.45, 7) is 3.89. The molecule has 8 heteroatoms. The van der Waals surface area contributed by atoms with Gasteiger partial charge in [-0.1, -0.05) is 59.3 Å². The first-order valence-corrected chi connectivity index (χ1v) is 11.7. The summed E-state index contributed by atoms with van der Waals surface area (Å²) in [6.07, 6.45) is 0. The molecule has 0 aliphatic heterocycles. The van der Waals surface area contributed by atoms with Crippen molar-refractivity contribution in [1.29, 1.82) is 0 Å². The van der Waals surface area contributed by atoms with Gasteiger partial charge in [-0.15, -0.1) is 10.2 Å². The predicted molar refractivity (Wildman–Crippen MR) is 129 cm³/mol. The Kier molecular flexibility index (Phi) is 7.11. The summed E-state index contributed by atoms with van der Waals surface area (Å²) in [7, 11) is 0. The number of aryl methyl sites for hydroxylation is 1. The summed E-state index contributed by atoms with van der Waals surface area (Å²) in [6, 6.07) is 20.8. The maximum atomic E-state index is 13.2. The SMILES string of the molecule is Cc1ccc(-n2c(SCc3ccc(F)cc3)nnc2C(C)NC(=O)c2cccc(Cl)c2)cc1. The van der Waals surface area contributed by atoms with E-state index in [1.807, 2.05) is 42.7 Å². The van der Waals surface area contributed by atoms with Crippen LogP contribution in [0.25, 0.3) is 5.69 Å². The van der Waals surface area contributed by atoms with Gasteiger partial charge in [0.05, 0.1) is 6.04 Å². The van der Waals surface area contributed by atoms with Crippen LogP contribution in [0.15, 0.2) is 78.0 Å². The van der Waals surface area contributed by atoms with Gasteiger partial charge in [-0.05, 0) is 61.9 Å². The van der Waals surface area contributed by atoms with E-state index in [9.17, 15) is 9.18 Å². The van der Waals surface area contributed by atoms with E-state index in [0.717, 1.165) is 16.8 Å². The second-order valence-corrected chi connectivity index (χ2v) is 9.01. The number of halogens is 2. The van der Waals surface area contributed by atoms with Crippen LogP contribution in [0.3, 0.4) is 0 Å². The number of carbonyl (C=O) groups is 1. The second-order valence-electron chi connectivity index (χ2n) is 7.63. The molecule has 0 saturated carbocycles. The summed E-state index contributed by atoms with van der Waals surface area (Å²) in [5, 5.41) is 13.0. The molecular formula is C25H22ClFN4OS. The lowest BCUT2D eigenvalue weighted by molar-refractivity contribution is 0.0938. The Labute approximate surface area is 201 Å². The van der Waals surface area contributed by atoms with Crippen LogP contribution >= 0.6 is 23.4 Å².